The van der Waals surface area contributed by atoms with Gasteiger partial charge in [0.05, 0.1) is 7.11 Å². The number of H-pyrrole nitrogens is 1. The first kappa shape index (κ1) is 19.6. The summed E-state index contributed by atoms with van der Waals surface area (Å²) in [5.74, 6) is -3.76. The first-order valence-corrected chi connectivity index (χ1v) is 7.07. The van der Waals surface area contributed by atoms with Crippen LogP contribution in [0.3, 0.4) is 0 Å². The van der Waals surface area contributed by atoms with Crippen molar-refractivity contribution in [2.75, 3.05) is 7.11 Å². The zero-order valence-corrected chi connectivity index (χ0v) is 13.1. The summed E-state index contributed by atoms with van der Waals surface area (Å²) in [5, 5.41) is 1.43. The van der Waals surface area contributed by atoms with Crippen molar-refractivity contribution in [3.63, 3.8) is 0 Å². The fourth-order valence-electron chi connectivity index (χ4n) is 2.43. The molecule has 0 radical (unpaired) electrons. The fraction of sp³-hybridized carbons (Fsp3) is 0.333. The Balaban J connectivity index is 2.48. The third kappa shape index (κ3) is 4.09. The number of carbonyl (C=O) groups excluding carboxylic acids is 2. The monoisotopic (exact) mass is 382 g/mol. The van der Waals surface area contributed by atoms with E-state index < -0.39 is 47.9 Å². The van der Waals surface area contributed by atoms with Crippen LogP contribution in [0.4, 0.5) is 26.3 Å². The number of esters is 1. The van der Waals surface area contributed by atoms with Crippen molar-refractivity contribution in [2.24, 2.45) is 0 Å². The molecule has 1 atom stereocenters. The van der Waals surface area contributed by atoms with E-state index in [1.165, 1.54) is 29.6 Å². The number of aromatic amines is 1. The molecule has 1 aromatic carbocycles. The van der Waals surface area contributed by atoms with Crippen molar-refractivity contribution < 1.29 is 40.7 Å². The summed E-state index contributed by atoms with van der Waals surface area (Å²) < 4.78 is 81.4. The van der Waals surface area contributed by atoms with Crippen LogP contribution in [-0.4, -0.2) is 36.2 Å². The Kier molecular flexibility index (Phi) is 5.19. The molecule has 5 nitrogen and oxygen atoms in total. The van der Waals surface area contributed by atoms with E-state index in [4.69, 9.17) is 0 Å². The molecule has 1 amide bonds. The highest BCUT2D eigenvalue weighted by Crippen LogP contribution is 2.36. The molecule has 0 aliphatic carbocycles. The molecule has 0 aliphatic heterocycles. The van der Waals surface area contributed by atoms with E-state index in [2.05, 4.69) is 9.72 Å². The van der Waals surface area contributed by atoms with Crippen LogP contribution in [0.15, 0.2) is 24.3 Å². The second-order valence-corrected chi connectivity index (χ2v) is 5.27. The number of aromatic nitrogens is 1. The average molecular weight is 382 g/mol. The first-order valence-electron chi connectivity index (χ1n) is 7.07. The maximum atomic E-state index is 13.3. The predicted octanol–water partition coefficient (Wildman–Crippen LogP) is 2.95. The largest absolute Gasteiger partial charge is 0.471 e. The van der Waals surface area contributed by atoms with Crippen LogP contribution in [-0.2, 0) is 26.9 Å². The van der Waals surface area contributed by atoms with E-state index in [0.29, 0.717) is 0 Å². The Morgan fingerprint density at radius 2 is 1.77 bits per heavy atom. The predicted molar refractivity (Wildman–Crippen MR) is 77.0 cm³/mol. The molecule has 0 bridgehead atoms. The van der Waals surface area contributed by atoms with E-state index in [0.717, 1.165) is 7.11 Å². The molecule has 1 heterocycles. The quantitative estimate of drug-likeness (QED) is 0.631. The maximum Gasteiger partial charge on any atom is 0.471 e. The van der Waals surface area contributed by atoms with Gasteiger partial charge in [0.15, 0.2) is 0 Å². The summed E-state index contributed by atoms with van der Waals surface area (Å²) in [6.45, 7) is 0. The van der Waals surface area contributed by atoms with E-state index >= 15 is 0 Å². The zero-order chi connectivity index (χ0) is 19.7. The van der Waals surface area contributed by atoms with Gasteiger partial charge in [-0.15, -0.1) is 0 Å². The number of amides is 1. The second-order valence-electron chi connectivity index (χ2n) is 5.27. The van der Waals surface area contributed by atoms with Crippen LogP contribution >= 0.6 is 0 Å². The Hall–Kier alpha value is -2.72. The van der Waals surface area contributed by atoms with Crippen molar-refractivity contribution in [2.45, 2.75) is 24.8 Å². The highest BCUT2D eigenvalue weighted by molar-refractivity contribution is 5.89. The Labute approximate surface area is 142 Å². The minimum atomic E-state index is -5.31. The first-order chi connectivity index (χ1) is 11.9. The number of methoxy groups -OCH3 is 1. The maximum absolute atomic E-state index is 13.3. The van der Waals surface area contributed by atoms with Crippen molar-refractivity contribution in [3.05, 3.63) is 35.5 Å². The lowest BCUT2D eigenvalue weighted by Crippen LogP contribution is -2.48. The Bertz CT molecular complexity index is 825. The van der Waals surface area contributed by atoms with Crippen molar-refractivity contribution in [1.82, 2.24) is 10.3 Å². The van der Waals surface area contributed by atoms with Crippen molar-refractivity contribution >= 4 is 22.8 Å². The van der Waals surface area contributed by atoms with Gasteiger partial charge in [-0.2, -0.15) is 26.3 Å². The van der Waals surface area contributed by atoms with Crippen LogP contribution in [0.25, 0.3) is 10.9 Å². The number of ether oxygens (including phenoxy) is 1. The summed E-state index contributed by atoms with van der Waals surface area (Å²) in [6.07, 6.45) is -11.0. The average Bonchev–Trinajstić information content (AvgIpc) is 2.91. The summed E-state index contributed by atoms with van der Waals surface area (Å²) >= 11 is 0. The number of carbonyl (C=O) groups is 2. The van der Waals surface area contributed by atoms with Crippen molar-refractivity contribution in [3.8, 4) is 0 Å². The van der Waals surface area contributed by atoms with Crippen LogP contribution in [0, 0.1) is 0 Å². The van der Waals surface area contributed by atoms with E-state index in [-0.39, 0.29) is 10.9 Å². The fourth-order valence-corrected chi connectivity index (χ4v) is 2.43. The number of para-hydroxylation sites is 1. The van der Waals surface area contributed by atoms with Crippen LogP contribution in [0.2, 0.25) is 0 Å². The highest BCUT2D eigenvalue weighted by Gasteiger charge is 2.42. The normalized spacial score (nSPS) is 13.5. The second kappa shape index (κ2) is 6.89. The number of hydrogen-bond acceptors (Lipinski definition) is 3. The molecule has 0 saturated heterocycles. The summed E-state index contributed by atoms with van der Waals surface area (Å²) in [5.41, 5.74) is -1.58. The standard InChI is InChI=1S/C15H12F6N2O3/c1-26-12(24)10(23-13(25)15(19,20)21)6-8-7-4-2-3-5-9(7)22-11(8)14(16,17)18/h2-5,10,22H,6H2,1H3,(H,23,25). The lowest BCUT2D eigenvalue weighted by molar-refractivity contribution is -0.175. The minimum Gasteiger partial charge on any atom is -0.467 e. The van der Waals surface area contributed by atoms with Crippen molar-refractivity contribution in [1.29, 1.82) is 0 Å². The molecule has 2 N–H and O–H groups in total. The molecule has 0 spiro atoms. The lowest BCUT2D eigenvalue weighted by atomic mass is 10.0. The van der Waals surface area contributed by atoms with Gasteiger partial charge < -0.3 is 15.0 Å². The molecule has 11 heteroatoms. The van der Waals surface area contributed by atoms with Gasteiger partial charge >= 0.3 is 24.2 Å². The molecule has 26 heavy (non-hydrogen) atoms. The van der Waals surface area contributed by atoms with Crippen LogP contribution in [0.1, 0.15) is 11.3 Å². The zero-order valence-electron chi connectivity index (χ0n) is 13.1. The Morgan fingerprint density at radius 1 is 1.15 bits per heavy atom. The van der Waals surface area contributed by atoms with Gasteiger partial charge in [0.1, 0.15) is 11.7 Å². The third-order valence-electron chi connectivity index (χ3n) is 3.55. The number of nitrogens with one attached hydrogen (secondary N) is 2. The number of alkyl halides is 6. The van der Waals surface area contributed by atoms with E-state index in [1.807, 2.05) is 0 Å². The molecule has 0 aliphatic rings. The van der Waals surface area contributed by atoms with E-state index in [9.17, 15) is 35.9 Å². The third-order valence-corrected chi connectivity index (χ3v) is 3.55. The topological polar surface area (TPSA) is 71.2 Å². The Morgan fingerprint density at radius 3 is 2.31 bits per heavy atom. The van der Waals surface area contributed by atoms with Gasteiger partial charge in [-0.3, -0.25) is 4.79 Å². The number of rotatable bonds is 4. The SMILES string of the molecule is COC(=O)C(Cc1c(C(F)(F)F)[nH]c2ccccc12)NC(=O)C(F)(F)F. The molecule has 2 rings (SSSR count). The van der Waals surface area contributed by atoms with Gasteiger partial charge in [-0.25, -0.2) is 4.79 Å². The van der Waals surface area contributed by atoms with E-state index in [1.54, 1.807) is 0 Å². The van der Waals surface area contributed by atoms with Gasteiger partial charge in [0, 0.05) is 17.3 Å². The molecule has 2 aromatic rings. The highest BCUT2D eigenvalue weighted by atomic mass is 19.4. The molecular formula is C15H12F6N2O3. The van der Waals surface area contributed by atoms with Gasteiger partial charge in [-0.05, 0) is 11.6 Å². The van der Waals surface area contributed by atoms with Crippen LogP contribution < -0.4 is 5.32 Å². The molecule has 1 aromatic heterocycles. The number of fused-ring (bicyclic) bond motifs is 1. The molecule has 0 saturated carbocycles. The lowest BCUT2D eigenvalue weighted by Gasteiger charge is -2.18. The molecule has 0 fully saturated rings. The van der Waals surface area contributed by atoms with Gasteiger partial charge in [0.25, 0.3) is 0 Å². The summed E-state index contributed by atoms with van der Waals surface area (Å²) in [4.78, 5) is 24.9. The smallest absolute Gasteiger partial charge is 0.467 e. The van der Waals surface area contributed by atoms with Gasteiger partial charge in [0.2, 0.25) is 0 Å². The summed E-state index contributed by atoms with van der Waals surface area (Å²) in [6, 6.07) is 3.61. The number of halogens is 6. The number of hydrogen-bond donors (Lipinski definition) is 2. The molecular weight excluding hydrogens is 370 g/mol. The minimum absolute atomic E-state index is 0.0648. The number of benzene rings is 1. The molecule has 142 valence electrons. The van der Waals surface area contributed by atoms with Crippen LogP contribution in [0.5, 0.6) is 0 Å². The summed E-state index contributed by atoms with van der Waals surface area (Å²) in [7, 11) is 0.842. The molecule has 1 unspecified atom stereocenters. The van der Waals surface area contributed by atoms with Gasteiger partial charge in [-0.1, -0.05) is 18.2 Å².